The smallest absolute Gasteiger partial charge is 0.314 e. The first kappa shape index (κ1) is 18.1. The van der Waals surface area contributed by atoms with Crippen LogP contribution >= 0.6 is 12.4 Å². The summed E-state index contributed by atoms with van der Waals surface area (Å²) in [5.74, 6) is -4.29. The molecule has 0 aliphatic carbocycles. The number of nitrogens with one attached hydrogen (secondary N) is 1. The Bertz CT molecular complexity index is 464. The highest BCUT2D eigenvalue weighted by Crippen LogP contribution is 2.40. The van der Waals surface area contributed by atoms with E-state index in [1.54, 1.807) is 0 Å². The lowest BCUT2D eigenvalue weighted by Gasteiger charge is -2.36. The number of hydrogen-bond donors (Lipinski definition) is 1. The summed E-state index contributed by atoms with van der Waals surface area (Å²) in [6, 6.07) is -1.89. The Morgan fingerprint density at radius 1 is 1.00 bits per heavy atom. The van der Waals surface area contributed by atoms with Crippen LogP contribution in [0.4, 0.5) is 26.3 Å². The Morgan fingerprint density at radius 2 is 1.48 bits per heavy atom. The van der Waals surface area contributed by atoms with Gasteiger partial charge in [0.05, 0.1) is 5.56 Å². The van der Waals surface area contributed by atoms with Crippen molar-refractivity contribution in [3.05, 3.63) is 35.1 Å². The molecule has 1 atom stereocenters. The van der Waals surface area contributed by atoms with E-state index in [9.17, 15) is 26.3 Å². The van der Waals surface area contributed by atoms with Crippen LogP contribution in [0, 0.1) is 17.5 Å². The zero-order chi connectivity index (χ0) is 14.9. The van der Waals surface area contributed by atoms with Gasteiger partial charge in [-0.05, 0) is 0 Å². The Hall–Kier alpha value is -0.990. The number of halogens is 7. The lowest BCUT2D eigenvalue weighted by Crippen LogP contribution is -2.49. The lowest BCUT2D eigenvalue weighted by atomic mass is 10.0. The topological polar surface area (TPSA) is 15.3 Å². The van der Waals surface area contributed by atoms with E-state index in [0.29, 0.717) is 0 Å². The van der Waals surface area contributed by atoms with E-state index in [0.717, 1.165) is 4.90 Å². The van der Waals surface area contributed by atoms with E-state index in [4.69, 9.17) is 0 Å². The molecule has 1 aromatic carbocycles. The maximum Gasteiger partial charge on any atom is 0.408 e. The van der Waals surface area contributed by atoms with Gasteiger partial charge in [0.15, 0.2) is 0 Å². The van der Waals surface area contributed by atoms with Crippen LogP contribution in [0.25, 0.3) is 0 Å². The summed E-state index contributed by atoms with van der Waals surface area (Å²) in [4.78, 5) is 0.940. The minimum atomic E-state index is -4.85. The monoisotopic (exact) mass is 334 g/mol. The molecule has 120 valence electrons. The second kappa shape index (κ2) is 6.85. The van der Waals surface area contributed by atoms with E-state index in [2.05, 4.69) is 5.32 Å². The van der Waals surface area contributed by atoms with Crippen LogP contribution in [0.15, 0.2) is 12.1 Å². The van der Waals surface area contributed by atoms with Crippen LogP contribution in [-0.2, 0) is 0 Å². The summed E-state index contributed by atoms with van der Waals surface area (Å²) in [6.07, 6.45) is -4.85. The van der Waals surface area contributed by atoms with E-state index in [1.165, 1.54) is 0 Å². The normalized spacial score (nSPS) is 18.2. The zero-order valence-electron chi connectivity index (χ0n) is 10.7. The van der Waals surface area contributed by atoms with E-state index in [1.807, 2.05) is 0 Å². The van der Waals surface area contributed by atoms with Gasteiger partial charge in [0.2, 0.25) is 0 Å². The molecule has 1 saturated heterocycles. The zero-order valence-corrected chi connectivity index (χ0v) is 11.5. The molecule has 0 aromatic heterocycles. The highest BCUT2D eigenvalue weighted by molar-refractivity contribution is 5.85. The minimum absolute atomic E-state index is 0. The Morgan fingerprint density at radius 3 is 1.90 bits per heavy atom. The fourth-order valence-electron chi connectivity index (χ4n) is 2.31. The van der Waals surface area contributed by atoms with Crippen LogP contribution in [0.3, 0.4) is 0 Å². The third kappa shape index (κ3) is 4.02. The van der Waals surface area contributed by atoms with Crippen LogP contribution in [-0.4, -0.2) is 37.3 Å². The summed E-state index contributed by atoms with van der Waals surface area (Å²) >= 11 is 0. The van der Waals surface area contributed by atoms with Gasteiger partial charge in [0, 0.05) is 38.3 Å². The first-order valence-electron chi connectivity index (χ1n) is 5.96. The maximum atomic E-state index is 13.6. The first-order valence-corrected chi connectivity index (χ1v) is 5.96. The second-order valence-corrected chi connectivity index (χ2v) is 4.51. The minimum Gasteiger partial charge on any atom is -0.314 e. The van der Waals surface area contributed by atoms with Gasteiger partial charge in [-0.3, -0.25) is 4.90 Å². The molecule has 1 aliphatic heterocycles. The van der Waals surface area contributed by atoms with Crippen molar-refractivity contribution in [2.75, 3.05) is 26.2 Å². The number of hydrogen-bond acceptors (Lipinski definition) is 2. The van der Waals surface area contributed by atoms with Gasteiger partial charge < -0.3 is 5.32 Å². The van der Waals surface area contributed by atoms with Crippen LogP contribution in [0.5, 0.6) is 0 Å². The molecule has 0 unspecified atom stereocenters. The molecule has 0 spiro atoms. The molecular weight excluding hydrogens is 322 g/mol. The number of nitrogens with zero attached hydrogens (tertiary/aromatic N) is 1. The van der Waals surface area contributed by atoms with Gasteiger partial charge in [0.1, 0.15) is 23.5 Å². The molecule has 1 N–H and O–H groups in total. The highest BCUT2D eigenvalue weighted by atomic mass is 35.5. The van der Waals surface area contributed by atoms with Crippen molar-refractivity contribution in [2.45, 2.75) is 12.2 Å². The quantitative estimate of drug-likeness (QED) is 0.836. The van der Waals surface area contributed by atoms with Gasteiger partial charge in [0.25, 0.3) is 0 Å². The van der Waals surface area contributed by atoms with Crippen molar-refractivity contribution >= 4 is 12.4 Å². The predicted molar refractivity (Wildman–Crippen MR) is 66.8 cm³/mol. The number of benzene rings is 1. The molecule has 0 saturated carbocycles. The fourth-order valence-corrected chi connectivity index (χ4v) is 2.31. The first-order chi connectivity index (χ1) is 9.30. The van der Waals surface area contributed by atoms with E-state index < -0.39 is 35.2 Å². The maximum absolute atomic E-state index is 13.6. The number of piperazine rings is 1. The van der Waals surface area contributed by atoms with Crippen molar-refractivity contribution in [3.8, 4) is 0 Å². The predicted octanol–water partition coefficient (Wildman–Crippen LogP) is 3.03. The summed E-state index contributed by atoms with van der Waals surface area (Å²) in [5.41, 5.74) is -1.15. The van der Waals surface area contributed by atoms with Gasteiger partial charge in [-0.25, -0.2) is 13.2 Å². The molecule has 1 aliphatic rings. The van der Waals surface area contributed by atoms with Crippen LogP contribution in [0.1, 0.15) is 11.6 Å². The van der Waals surface area contributed by atoms with Crippen molar-refractivity contribution in [2.24, 2.45) is 0 Å². The van der Waals surface area contributed by atoms with Crippen LogP contribution in [0.2, 0.25) is 0 Å². The van der Waals surface area contributed by atoms with Crippen molar-refractivity contribution in [1.82, 2.24) is 10.2 Å². The molecule has 1 heterocycles. The third-order valence-corrected chi connectivity index (χ3v) is 3.14. The highest BCUT2D eigenvalue weighted by Gasteiger charge is 2.47. The molecule has 2 rings (SSSR count). The van der Waals surface area contributed by atoms with Gasteiger partial charge in [-0.15, -0.1) is 12.4 Å². The molecule has 0 radical (unpaired) electrons. The average molecular weight is 335 g/mol. The molecule has 2 nitrogen and oxygen atoms in total. The molecule has 9 heteroatoms. The molecule has 0 amide bonds. The van der Waals surface area contributed by atoms with Crippen molar-refractivity contribution in [3.63, 3.8) is 0 Å². The van der Waals surface area contributed by atoms with E-state index >= 15 is 0 Å². The fraction of sp³-hybridized carbons (Fsp3) is 0.500. The Balaban J connectivity index is 0.00000220. The SMILES string of the molecule is Cl.Fc1cc(F)c([C@@H](N2CCNCC2)C(F)(F)F)c(F)c1. The van der Waals surface area contributed by atoms with Gasteiger partial charge in [-0.2, -0.15) is 13.2 Å². The van der Waals surface area contributed by atoms with Crippen LogP contribution < -0.4 is 5.32 Å². The third-order valence-electron chi connectivity index (χ3n) is 3.14. The van der Waals surface area contributed by atoms with E-state index in [-0.39, 0.29) is 50.7 Å². The molecular formula is C12H13ClF6N2. The molecule has 1 fully saturated rings. The van der Waals surface area contributed by atoms with Crippen molar-refractivity contribution in [1.29, 1.82) is 0 Å². The van der Waals surface area contributed by atoms with Crippen molar-refractivity contribution < 1.29 is 26.3 Å². The van der Waals surface area contributed by atoms with Gasteiger partial charge in [-0.1, -0.05) is 0 Å². The lowest BCUT2D eigenvalue weighted by molar-refractivity contribution is -0.189. The molecule has 0 bridgehead atoms. The largest absolute Gasteiger partial charge is 0.408 e. The number of alkyl halides is 3. The summed E-state index contributed by atoms with van der Waals surface area (Å²) in [7, 11) is 0. The van der Waals surface area contributed by atoms with Gasteiger partial charge >= 0.3 is 6.18 Å². The standard InChI is InChI=1S/C12H12F6N2.ClH/c13-7-5-8(14)10(9(15)6-7)11(12(16,17)18)20-3-1-19-2-4-20;/h5-6,11,19H,1-4H2;1H/t11-;/m1./s1. The summed E-state index contributed by atoms with van der Waals surface area (Å²) in [6.45, 7) is 0.578. The summed E-state index contributed by atoms with van der Waals surface area (Å²) in [5, 5.41) is 2.85. The Labute approximate surface area is 123 Å². The average Bonchev–Trinajstić information content (AvgIpc) is 2.33. The Kier molecular flexibility index (Phi) is 5.89. The molecule has 1 aromatic rings. The number of rotatable bonds is 2. The second-order valence-electron chi connectivity index (χ2n) is 4.51. The summed E-state index contributed by atoms with van der Waals surface area (Å²) < 4.78 is 79.6. The molecule has 21 heavy (non-hydrogen) atoms.